The summed E-state index contributed by atoms with van der Waals surface area (Å²) in [5, 5.41) is 11.1. The van der Waals surface area contributed by atoms with Crippen LogP contribution in [0.3, 0.4) is 0 Å². The highest BCUT2D eigenvalue weighted by Crippen LogP contribution is 2.41. The van der Waals surface area contributed by atoms with Crippen molar-refractivity contribution in [2.45, 2.75) is 20.3 Å². The molecule has 0 bridgehead atoms. The predicted octanol–water partition coefficient (Wildman–Crippen LogP) is 4.80. The highest BCUT2D eigenvalue weighted by atomic mass is 35.5. The maximum absolute atomic E-state index is 12.2. The molecular weight excluding hydrogens is 437 g/mol. The van der Waals surface area contributed by atoms with Gasteiger partial charge in [0.2, 0.25) is 5.91 Å². The number of benzene rings is 1. The molecule has 1 N–H and O–H groups in total. The summed E-state index contributed by atoms with van der Waals surface area (Å²) in [6.45, 7) is 3.40. The zero-order chi connectivity index (χ0) is 21.6. The minimum absolute atomic E-state index is 0.00738. The Bertz CT molecular complexity index is 953. The number of rotatable bonds is 6. The Morgan fingerprint density at radius 3 is 2.52 bits per heavy atom. The van der Waals surface area contributed by atoms with Crippen LogP contribution in [0.1, 0.15) is 25.8 Å². The maximum Gasteiger partial charge on any atom is 0.344 e. The summed E-state index contributed by atoms with van der Waals surface area (Å²) < 4.78 is 10.3. The van der Waals surface area contributed by atoms with Crippen LogP contribution in [0.15, 0.2) is 33.4 Å². The van der Waals surface area contributed by atoms with E-state index in [2.05, 4.69) is 10.9 Å². The first kappa shape index (κ1) is 22.9. The van der Waals surface area contributed by atoms with Gasteiger partial charge in [-0.25, -0.2) is 9.79 Å². The molecule has 9 heteroatoms. The van der Waals surface area contributed by atoms with Crippen LogP contribution in [0.4, 0.5) is 0 Å². The monoisotopic (exact) mass is 453 g/mol. The average molecular weight is 454 g/mol. The van der Waals surface area contributed by atoms with E-state index in [-0.39, 0.29) is 51.8 Å². The lowest BCUT2D eigenvalue weighted by Crippen LogP contribution is -2.14. The molecule has 0 saturated heterocycles. The van der Waals surface area contributed by atoms with Crippen LogP contribution in [0.2, 0.25) is 10.0 Å². The van der Waals surface area contributed by atoms with Gasteiger partial charge in [-0.1, -0.05) is 47.8 Å². The van der Waals surface area contributed by atoms with E-state index in [1.165, 1.54) is 0 Å². The van der Waals surface area contributed by atoms with Crippen LogP contribution >= 0.6 is 35.0 Å². The number of aliphatic imine (C=N–C) groups is 1. The van der Waals surface area contributed by atoms with Crippen molar-refractivity contribution in [3.8, 4) is 18.1 Å². The number of thioether (sulfide) groups is 1. The van der Waals surface area contributed by atoms with Gasteiger partial charge in [0, 0.05) is 6.42 Å². The molecule has 0 aromatic heterocycles. The number of ether oxygens (including phenoxy) is 2. The number of amides is 1. The maximum atomic E-state index is 12.2. The number of hydrogen-bond donors (Lipinski definition) is 1. The fourth-order valence-electron chi connectivity index (χ4n) is 2.25. The SMILES string of the molecule is C#CCOc1c(Cl)cc(/C=C2\SC(=NC(=O)CC)C(C(=O)OCC)=C2O)cc1Cl. The molecule has 0 spiro atoms. The number of esters is 1. The van der Waals surface area contributed by atoms with Crippen molar-refractivity contribution < 1.29 is 24.2 Å². The first-order chi connectivity index (χ1) is 13.8. The molecule has 2 rings (SSSR count). The minimum Gasteiger partial charge on any atom is -0.506 e. The topological polar surface area (TPSA) is 85.2 Å². The van der Waals surface area contributed by atoms with Crippen LogP contribution in [0, 0.1) is 12.3 Å². The number of aliphatic hydroxyl groups is 1. The molecule has 1 aromatic rings. The Kier molecular flexibility index (Phi) is 8.21. The highest BCUT2D eigenvalue weighted by Gasteiger charge is 2.33. The van der Waals surface area contributed by atoms with Gasteiger partial charge in [-0.3, -0.25) is 4.79 Å². The van der Waals surface area contributed by atoms with Crippen molar-refractivity contribution in [2.75, 3.05) is 13.2 Å². The Hall–Kier alpha value is -2.40. The van der Waals surface area contributed by atoms with Gasteiger partial charge in [-0.2, -0.15) is 0 Å². The van der Waals surface area contributed by atoms with Crippen LogP contribution in [0.25, 0.3) is 6.08 Å². The van der Waals surface area contributed by atoms with E-state index >= 15 is 0 Å². The molecule has 152 valence electrons. The van der Waals surface area contributed by atoms with E-state index in [0.717, 1.165) is 11.8 Å². The molecule has 0 saturated carbocycles. The third kappa shape index (κ3) is 5.57. The smallest absolute Gasteiger partial charge is 0.344 e. The van der Waals surface area contributed by atoms with Crippen molar-refractivity contribution in [3.63, 3.8) is 0 Å². The first-order valence-corrected chi connectivity index (χ1v) is 10.1. The zero-order valence-electron chi connectivity index (χ0n) is 15.6. The molecule has 0 radical (unpaired) electrons. The fraction of sp³-hybridized carbons (Fsp3) is 0.250. The lowest BCUT2D eigenvalue weighted by atomic mass is 10.1. The summed E-state index contributed by atoms with van der Waals surface area (Å²) in [6, 6.07) is 3.13. The molecule has 0 fully saturated rings. The molecule has 0 atom stereocenters. The molecular formula is C20H17Cl2NO5S. The molecule has 6 nitrogen and oxygen atoms in total. The second kappa shape index (κ2) is 10.4. The summed E-state index contributed by atoms with van der Waals surface area (Å²) >= 11 is 13.4. The number of halogens is 2. The quantitative estimate of drug-likeness (QED) is 0.491. The van der Waals surface area contributed by atoms with Gasteiger partial charge < -0.3 is 14.6 Å². The van der Waals surface area contributed by atoms with Crippen molar-refractivity contribution >= 4 is 58.0 Å². The summed E-state index contributed by atoms with van der Waals surface area (Å²) in [5.74, 6) is 1.04. The lowest BCUT2D eigenvalue weighted by Gasteiger charge is -2.09. The largest absolute Gasteiger partial charge is 0.506 e. The molecule has 1 aliphatic heterocycles. The second-order valence-corrected chi connectivity index (χ2v) is 7.37. The van der Waals surface area contributed by atoms with Gasteiger partial charge in [0.05, 0.1) is 21.6 Å². The third-order valence-corrected chi connectivity index (χ3v) is 5.10. The zero-order valence-corrected chi connectivity index (χ0v) is 18.0. The number of nitrogens with zero attached hydrogens (tertiary/aromatic N) is 1. The third-order valence-electron chi connectivity index (χ3n) is 3.52. The van der Waals surface area contributed by atoms with E-state index in [4.69, 9.17) is 39.1 Å². The van der Waals surface area contributed by atoms with E-state index in [9.17, 15) is 14.7 Å². The van der Waals surface area contributed by atoms with Crippen molar-refractivity contribution in [1.82, 2.24) is 0 Å². The number of aliphatic hydroxyl groups excluding tert-OH is 1. The van der Waals surface area contributed by atoms with Gasteiger partial charge in [-0.15, -0.1) is 6.42 Å². The average Bonchev–Trinajstić information content (AvgIpc) is 2.96. The van der Waals surface area contributed by atoms with Crippen molar-refractivity contribution in [2.24, 2.45) is 4.99 Å². The van der Waals surface area contributed by atoms with Crippen molar-refractivity contribution in [3.05, 3.63) is 44.0 Å². The number of terminal acetylenes is 1. The van der Waals surface area contributed by atoms with Crippen LogP contribution in [0.5, 0.6) is 5.75 Å². The predicted molar refractivity (Wildman–Crippen MR) is 115 cm³/mol. The Labute approximate surface area is 182 Å². The van der Waals surface area contributed by atoms with E-state index < -0.39 is 11.9 Å². The Balaban J connectivity index is 2.47. The Morgan fingerprint density at radius 2 is 1.97 bits per heavy atom. The molecule has 1 amide bonds. The molecule has 1 aromatic carbocycles. The molecule has 0 aliphatic carbocycles. The molecule has 1 aliphatic rings. The summed E-state index contributed by atoms with van der Waals surface area (Å²) in [6.07, 6.45) is 6.88. The standard InChI is InChI=1S/C20H17Cl2NO5S/c1-4-7-28-18-12(21)8-11(9-13(18)22)10-14-17(25)16(20(26)27-6-3)19(29-14)23-15(24)5-2/h1,8-10,25H,5-7H2,2-3H3/b14-10-,23-19?. The van der Waals surface area contributed by atoms with E-state index in [1.807, 2.05) is 0 Å². The van der Waals surface area contributed by atoms with Gasteiger partial charge in [0.1, 0.15) is 23.0 Å². The summed E-state index contributed by atoms with van der Waals surface area (Å²) in [4.78, 5) is 28.2. The second-order valence-electron chi connectivity index (χ2n) is 5.53. The van der Waals surface area contributed by atoms with E-state index in [1.54, 1.807) is 32.1 Å². The fourth-order valence-corrected chi connectivity index (χ4v) is 3.89. The minimum atomic E-state index is -0.766. The lowest BCUT2D eigenvalue weighted by molar-refractivity contribution is -0.138. The Morgan fingerprint density at radius 1 is 1.31 bits per heavy atom. The first-order valence-electron chi connectivity index (χ1n) is 8.49. The van der Waals surface area contributed by atoms with Gasteiger partial charge in [0.25, 0.3) is 0 Å². The number of hydrogen-bond acceptors (Lipinski definition) is 6. The number of carbonyl (C=O) groups is 2. The van der Waals surface area contributed by atoms with Crippen LogP contribution in [-0.2, 0) is 14.3 Å². The molecule has 0 unspecified atom stereocenters. The van der Waals surface area contributed by atoms with Gasteiger partial charge in [0.15, 0.2) is 5.75 Å². The molecule has 1 heterocycles. The summed E-state index contributed by atoms with van der Waals surface area (Å²) in [5.41, 5.74) is 0.379. The van der Waals surface area contributed by atoms with Crippen LogP contribution < -0.4 is 4.74 Å². The number of carbonyl (C=O) groups excluding carboxylic acids is 2. The van der Waals surface area contributed by atoms with E-state index in [0.29, 0.717) is 10.5 Å². The summed E-state index contributed by atoms with van der Waals surface area (Å²) in [7, 11) is 0. The highest BCUT2D eigenvalue weighted by molar-refractivity contribution is 8.18. The van der Waals surface area contributed by atoms with Gasteiger partial charge >= 0.3 is 5.97 Å². The van der Waals surface area contributed by atoms with Crippen LogP contribution in [-0.4, -0.2) is 35.2 Å². The van der Waals surface area contributed by atoms with Gasteiger partial charge in [-0.05, 0) is 30.7 Å². The normalized spacial score (nSPS) is 16.2. The van der Waals surface area contributed by atoms with Crippen molar-refractivity contribution in [1.29, 1.82) is 0 Å². The molecule has 29 heavy (non-hydrogen) atoms.